The first kappa shape index (κ1) is 17.4. The van der Waals surface area contributed by atoms with E-state index in [4.69, 9.17) is 9.73 Å². The second-order valence-corrected chi connectivity index (χ2v) is 9.44. The SMILES string of the molecule is CCC(=NC(C)(C)C[S+]1c2ccccc2Sc2ccccc21)OC. The fourth-order valence-electron chi connectivity index (χ4n) is 2.86. The normalized spacial score (nSPS) is 14.9. The van der Waals surface area contributed by atoms with Crippen LogP contribution in [0.4, 0.5) is 0 Å². The van der Waals surface area contributed by atoms with E-state index in [-0.39, 0.29) is 16.4 Å². The number of methoxy groups -OCH3 is 1. The molecule has 24 heavy (non-hydrogen) atoms. The monoisotopic (exact) mass is 358 g/mol. The van der Waals surface area contributed by atoms with Crippen molar-refractivity contribution in [3.63, 3.8) is 0 Å². The van der Waals surface area contributed by atoms with Crippen LogP contribution in [0.2, 0.25) is 0 Å². The topological polar surface area (TPSA) is 21.6 Å². The lowest BCUT2D eigenvalue weighted by Crippen LogP contribution is -2.31. The molecular formula is C20H24NOS2+. The Hall–Kier alpha value is -1.39. The Morgan fingerprint density at radius 2 is 1.58 bits per heavy atom. The summed E-state index contributed by atoms with van der Waals surface area (Å²) in [5, 5.41) is 0. The van der Waals surface area contributed by atoms with E-state index < -0.39 is 0 Å². The highest BCUT2D eigenvalue weighted by molar-refractivity contribution is 8.04. The van der Waals surface area contributed by atoms with Crippen LogP contribution < -0.4 is 0 Å². The fourth-order valence-corrected chi connectivity index (χ4v) is 7.01. The zero-order valence-corrected chi connectivity index (χ0v) is 16.3. The number of fused-ring (bicyclic) bond motifs is 2. The lowest BCUT2D eigenvalue weighted by Gasteiger charge is -2.25. The lowest BCUT2D eigenvalue weighted by molar-refractivity contribution is 0.380. The average Bonchev–Trinajstić information content (AvgIpc) is 2.59. The molecule has 0 unspecified atom stereocenters. The molecule has 126 valence electrons. The number of ether oxygens (including phenoxy) is 1. The number of rotatable bonds is 4. The summed E-state index contributed by atoms with van der Waals surface area (Å²) in [6, 6.07) is 17.6. The predicted octanol–water partition coefficient (Wildman–Crippen LogP) is 5.42. The van der Waals surface area contributed by atoms with Gasteiger partial charge in [0.1, 0.15) is 11.3 Å². The predicted molar refractivity (Wildman–Crippen MR) is 105 cm³/mol. The van der Waals surface area contributed by atoms with Gasteiger partial charge in [0.05, 0.1) is 27.8 Å². The molecule has 0 aliphatic carbocycles. The zero-order chi connectivity index (χ0) is 17.2. The van der Waals surface area contributed by atoms with Crippen molar-refractivity contribution >= 4 is 28.6 Å². The summed E-state index contributed by atoms with van der Waals surface area (Å²) < 4.78 is 5.41. The number of hydrogen-bond donors (Lipinski definition) is 0. The highest BCUT2D eigenvalue weighted by atomic mass is 32.2. The van der Waals surface area contributed by atoms with Gasteiger partial charge in [0.15, 0.2) is 15.7 Å². The van der Waals surface area contributed by atoms with Gasteiger partial charge in [-0.05, 0) is 38.1 Å². The van der Waals surface area contributed by atoms with Gasteiger partial charge >= 0.3 is 0 Å². The Morgan fingerprint density at radius 1 is 1.04 bits per heavy atom. The van der Waals surface area contributed by atoms with Gasteiger partial charge in [-0.2, -0.15) is 0 Å². The van der Waals surface area contributed by atoms with Crippen molar-refractivity contribution in [2.45, 2.75) is 52.3 Å². The van der Waals surface area contributed by atoms with Crippen molar-refractivity contribution in [2.75, 3.05) is 12.9 Å². The first-order chi connectivity index (χ1) is 11.5. The molecule has 0 aromatic heterocycles. The molecule has 0 radical (unpaired) electrons. The van der Waals surface area contributed by atoms with Crippen LogP contribution in [0.5, 0.6) is 0 Å². The summed E-state index contributed by atoms with van der Waals surface area (Å²) >= 11 is 1.88. The van der Waals surface area contributed by atoms with Crippen molar-refractivity contribution < 1.29 is 4.74 Å². The maximum Gasteiger partial charge on any atom is 0.183 e. The van der Waals surface area contributed by atoms with Crippen molar-refractivity contribution in [3.8, 4) is 0 Å². The van der Waals surface area contributed by atoms with Gasteiger partial charge in [-0.25, -0.2) is 4.99 Å². The number of nitrogens with zero attached hydrogens (tertiary/aromatic N) is 1. The molecule has 3 rings (SSSR count). The third kappa shape index (κ3) is 3.65. The van der Waals surface area contributed by atoms with Gasteiger partial charge in [0.25, 0.3) is 0 Å². The van der Waals surface area contributed by atoms with E-state index in [9.17, 15) is 0 Å². The van der Waals surface area contributed by atoms with Crippen LogP contribution in [0.15, 0.2) is 73.1 Å². The summed E-state index contributed by atoms with van der Waals surface area (Å²) in [4.78, 5) is 10.5. The highest BCUT2D eigenvalue weighted by Crippen LogP contribution is 2.46. The van der Waals surface area contributed by atoms with E-state index in [0.29, 0.717) is 0 Å². The second-order valence-electron chi connectivity index (χ2n) is 6.41. The smallest absolute Gasteiger partial charge is 0.183 e. The third-order valence-electron chi connectivity index (χ3n) is 3.91. The molecule has 4 heteroatoms. The molecule has 0 amide bonds. The molecule has 0 saturated heterocycles. The highest BCUT2D eigenvalue weighted by Gasteiger charge is 2.40. The third-order valence-corrected chi connectivity index (χ3v) is 8.09. The molecule has 0 spiro atoms. The van der Waals surface area contributed by atoms with Crippen molar-refractivity contribution in [2.24, 2.45) is 4.99 Å². The van der Waals surface area contributed by atoms with Crippen LogP contribution in [-0.2, 0) is 15.6 Å². The van der Waals surface area contributed by atoms with Gasteiger partial charge < -0.3 is 4.74 Å². The van der Waals surface area contributed by atoms with Crippen LogP contribution in [0, 0.1) is 0 Å². The number of benzene rings is 2. The summed E-state index contributed by atoms with van der Waals surface area (Å²) in [7, 11) is 1.74. The Balaban J connectivity index is 2.00. The Bertz CT molecular complexity index is 703. The first-order valence-electron chi connectivity index (χ1n) is 8.23. The van der Waals surface area contributed by atoms with E-state index in [1.165, 1.54) is 19.6 Å². The summed E-state index contributed by atoms with van der Waals surface area (Å²) in [5.74, 6) is 1.82. The minimum Gasteiger partial charge on any atom is -0.484 e. The minimum atomic E-state index is -0.160. The molecule has 1 aliphatic heterocycles. The molecule has 0 atom stereocenters. The summed E-state index contributed by atoms with van der Waals surface area (Å²) in [6.07, 6.45) is 0.830. The maximum absolute atomic E-state index is 5.41. The molecular weight excluding hydrogens is 334 g/mol. The van der Waals surface area contributed by atoms with E-state index in [1.54, 1.807) is 7.11 Å². The van der Waals surface area contributed by atoms with Gasteiger partial charge in [-0.15, -0.1) is 0 Å². The number of aliphatic imine (C=N–C) groups is 1. The molecule has 0 saturated carbocycles. The van der Waals surface area contributed by atoms with E-state index >= 15 is 0 Å². The van der Waals surface area contributed by atoms with E-state index in [0.717, 1.165) is 18.1 Å². The minimum absolute atomic E-state index is 0.0322. The van der Waals surface area contributed by atoms with Crippen LogP contribution >= 0.6 is 11.8 Å². The van der Waals surface area contributed by atoms with Gasteiger partial charge in [-0.3, -0.25) is 0 Å². The van der Waals surface area contributed by atoms with Gasteiger partial charge in [-0.1, -0.05) is 43.0 Å². The van der Waals surface area contributed by atoms with Crippen molar-refractivity contribution in [1.29, 1.82) is 0 Å². The second kappa shape index (κ2) is 7.24. The Labute approximate surface area is 152 Å². The zero-order valence-electron chi connectivity index (χ0n) is 14.7. The Kier molecular flexibility index (Phi) is 5.26. The quantitative estimate of drug-likeness (QED) is 0.413. The first-order valence-corrected chi connectivity index (χ1v) is 10.4. The summed E-state index contributed by atoms with van der Waals surface area (Å²) in [5.41, 5.74) is -0.160. The molecule has 0 bridgehead atoms. The maximum atomic E-state index is 5.41. The van der Waals surface area contributed by atoms with Crippen LogP contribution in [0.3, 0.4) is 0 Å². The standard InChI is InChI=1S/C20H24NOS2/c1-5-19(22-4)21-20(2,3)14-24-17-12-8-6-10-15(17)23-16-11-7-9-13-18(16)24/h6-13H,5,14H2,1-4H3/q+1. The Morgan fingerprint density at radius 3 is 2.08 bits per heavy atom. The van der Waals surface area contributed by atoms with Crippen LogP contribution in [0.1, 0.15) is 27.2 Å². The molecule has 1 aliphatic rings. The fraction of sp³-hybridized carbons (Fsp3) is 0.350. The average molecular weight is 359 g/mol. The summed E-state index contributed by atoms with van der Waals surface area (Å²) in [6.45, 7) is 6.51. The van der Waals surface area contributed by atoms with Gasteiger partial charge in [0.2, 0.25) is 0 Å². The number of hydrogen-bond acceptors (Lipinski definition) is 3. The van der Waals surface area contributed by atoms with E-state index in [2.05, 4.69) is 69.3 Å². The van der Waals surface area contributed by atoms with Crippen molar-refractivity contribution in [1.82, 2.24) is 0 Å². The lowest BCUT2D eigenvalue weighted by atomic mass is 10.1. The molecule has 0 N–H and O–H groups in total. The molecule has 2 aromatic carbocycles. The van der Waals surface area contributed by atoms with Crippen LogP contribution in [0.25, 0.3) is 0 Å². The van der Waals surface area contributed by atoms with E-state index in [1.807, 2.05) is 11.8 Å². The molecule has 2 nitrogen and oxygen atoms in total. The largest absolute Gasteiger partial charge is 0.484 e. The van der Waals surface area contributed by atoms with Gasteiger partial charge in [0, 0.05) is 6.42 Å². The molecule has 2 aromatic rings. The molecule has 0 fully saturated rings. The van der Waals surface area contributed by atoms with Crippen LogP contribution in [-0.4, -0.2) is 24.3 Å². The molecule has 1 heterocycles. The van der Waals surface area contributed by atoms with Crippen molar-refractivity contribution in [3.05, 3.63) is 48.5 Å².